The third kappa shape index (κ3) is 4.37. The number of carbonyl (C=O) groups is 2. The molecule has 1 unspecified atom stereocenters. The van der Waals surface area contributed by atoms with Crippen LogP contribution in [0.1, 0.15) is 36.8 Å². The van der Waals surface area contributed by atoms with Crippen LogP contribution in [0.25, 0.3) is 0 Å². The molecule has 2 atom stereocenters. The molecular formula is C22H28N6O3S. The number of nitrogens with zero attached hydrogens (tertiary/aromatic N) is 4. The topological polar surface area (TPSA) is 103 Å². The van der Waals surface area contributed by atoms with Crippen LogP contribution in [0, 0.1) is 0 Å². The Morgan fingerprint density at radius 3 is 2.75 bits per heavy atom. The molecule has 0 saturated heterocycles. The van der Waals surface area contributed by atoms with E-state index in [9.17, 15) is 9.59 Å². The second kappa shape index (κ2) is 8.95. The Hall–Kier alpha value is -2.85. The van der Waals surface area contributed by atoms with Gasteiger partial charge in [-0.2, -0.15) is 5.10 Å². The van der Waals surface area contributed by atoms with Gasteiger partial charge in [-0.15, -0.1) is 11.8 Å². The number of likely N-dealkylation sites (N-methyl/N-ethyl adjacent to an activating group) is 1. The van der Waals surface area contributed by atoms with Crippen molar-refractivity contribution in [1.82, 2.24) is 20.0 Å². The van der Waals surface area contributed by atoms with Crippen molar-refractivity contribution in [3.8, 4) is 0 Å². The molecule has 2 aromatic rings. The van der Waals surface area contributed by atoms with Gasteiger partial charge in [-0.3, -0.25) is 19.8 Å². The van der Waals surface area contributed by atoms with E-state index in [0.717, 1.165) is 16.8 Å². The predicted molar refractivity (Wildman–Crippen MR) is 125 cm³/mol. The third-order valence-corrected chi connectivity index (χ3v) is 6.53. The molecule has 0 spiro atoms. The smallest absolute Gasteiger partial charge is 0.411 e. The van der Waals surface area contributed by atoms with Crippen molar-refractivity contribution >= 4 is 35.1 Å². The van der Waals surface area contributed by atoms with E-state index in [0.29, 0.717) is 24.7 Å². The minimum atomic E-state index is -0.664. The maximum absolute atomic E-state index is 13.3. The van der Waals surface area contributed by atoms with Gasteiger partial charge >= 0.3 is 6.09 Å². The average Bonchev–Trinajstić information content (AvgIpc) is 3.47. The minimum Gasteiger partial charge on any atom is -0.440 e. The fourth-order valence-electron chi connectivity index (χ4n) is 3.94. The lowest BCUT2D eigenvalue weighted by Gasteiger charge is -2.33. The molecule has 0 aliphatic carbocycles. The number of rotatable bonds is 6. The number of ether oxygens (including phenoxy) is 1. The number of aliphatic imine (C=N–C) groups is 1. The number of thioether (sulfide) groups is 1. The maximum atomic E-state index is 13.3. The molecule has 3 heterocycles. The summed E-state index contributed by atoms with van der Waals surface area (Å²) < 4.78 is 5.97. The normalized spacial score (nSPS) is 19.8. The molecular weight excluding hydrogens is 428 g/mol. The summed E-state index contributed by atoms with van der Waals surface area (Å²) in [7, 11) is 3.89. The van der Waals surface area contributed by atoms with E-state index in [-0.39, 0.29) is 5.91 Å². The van der Waals surface area contributed by atoms with Crippen LogP contribution in [-0.4, -0.2) is 70.0 Å². The number of hydrogen-bond donors (Lipinski definition) is 2. The average molecular weight is 457 g/mol. The Bertz CT molecular complexity index is 1020. The second-order valence-corrected chi connectivity index (χ2v) is 9.59. The van der Waals surface area contributed by atoms with Crippen molar-refractivity contribution in [3.05, 3.63) is 47.2 Å². The molecule has 170 valence electrons. The number of carbonyl (C=O) groups excluding carboxylic acids is 2. The molecule has 2 aliphatic heterocycles. The summed E-state index contributed by atoms with van der Waals surface area (Å²) in [5, 5.41) is 10.2. The van der Waals surface area contributed by atoms with Gasteiger partial charge in [-0.05, 0) is 33.5 Å². The lowest BCUT2D eigenvalue weighted by atomic mass is 10.0. The van der Waals surface area contributed by atoms with Crippen molar-refractivity contribution in [2.75, 3.05) is 31.7 Å². The van der Waals surface area contributed by atoms with E-state index in [1.807, 2.05) is 63.2 Å². The van der Waals surface area contributed by atoms with E-state index < -0.39 is 23.8 Å². The Kier molecular flexibility index (Phi) is 6.25. The van der Waals surface area contributed by atoms with Gasteiger partial charge < -0.3 is 15.0 Å². The highest BCUT2D eigenvalue weighted by molar-refractivity contribution is 8.12. The van der Waals surface area contributed by atoms with Gasteiger partial charge in [-0.25, -0.2) is 4.79 Å². The highest BCUT2D eigenvalue weighted by atomic mass is 32.2. The Balaban J connectivity index is 1.51. The minimum absolute atomic E-state index is 0.200. The van der Waals surface area contributed by atoms with Crippen LogP contribution in [0.3, 0.4) is 0 Å². The zero-order valence-electron chi connectivity index (χ0n) is 18.7. The fraction of sp³-hybridized carbons (Fsp3) is 0.455. The lowest BCUT2D eigenvalue weighted by Crippen LogP contribution is -2.42. The van der Waals surface area contributed by atoms with Crippen LogP contribution < -0.4 is 5.32 Å². The summed E-state index contributed by atoms with van der Waals surface area (Å²) >= 11 is 1.51. The largest absolute Gasteiger partial charge is 0.440 e. The summed E-state index contributed by atoms with van der Waals surface area (Å²) in [6.45, 7) is 4.73. The number of nitrogens with one attached hydrogen (secondary N) is 2. The SMILES string of the molecule is CN(C)C[C@@H](OC(=O)N1Cc2c(NC(=O)C3CSC=N3)n[nH]c2C1(C)C)c1ccccc1. The predicted octanol–water partition coefficient (Wildman–Crippen LogP) is 2.98. The number of anilines is 1. The molecule has 0 saturated carbocycles. The van der Waals surface area contributed by atoms with Crippen molar-refractivity contribution in [2.24, 2.45) is 4.99 Å². The highest BCUT2D eigenvalue weighted by Gasteiger charge is 2.45. The van der Waals surface area contributed by atoms with Crippen LogP contribution in [0.2, 0.25) is 0 Å². The molecule has 1 aromatic carbocycles. The van der Waals surface area contributed by atoms with E-state index in [1.54, 1.807) is 10.4 Å². The monoisotopic (exact) mass is 456 g/mol. The van der Waals surface area contributed by atoms with Crippen LogP contribution in [0.5, 0.6) is 0 Å². The summed E-state index contributed by atoms with van der Waals surface area (Å²) in [6.07, 6.45) is -0.812. The van der Waals surface area contributed by atoms with Gasteiger partial charge in [0.25, 0.3) is 5.91 Å². The van der Waals surface area contributed by atoms with Gasteiger partial charge in [0.1, 0.15) is 12.1 Å². The van der Waals surface area contributed by atoms with E-state index in [2.05, 4.69) is 20.5 Å². The summed E-state index contributed by atoms with van der Waals surface area (Å²) in [4.78, 5) is 33.6. The highest BCUT2D eigenvalue weighted by Crippen LogP contribution is 2.41. The van der Waals surface area contributed by atoms with Gasteiger partial charge in [0.15, 0.2) is 5.82 Å². The van der Waals surface area contributed by atoms with Gasteiger partial charge in [0.05, 0.1) is 23.3 Å². The molecule has 2 amide bonds. The molecule has 0 fully saturated rings. The number of benzene rings is 1. The van der Waals surface area contributed by atoms with Gasteiger partial charge in [-0.1, -0.05) is 30.3 Å². The number of hydrogen-bond acceptors (Lipinski definition) is 7. The molecule has 1 aromatic heterocycles. The second-order valence-electron chi connectivity index (χ2n) is 8.71. The Labute approximate surface area is 191 Å². The van der Waals surface area contributed by atoms with E-state index in [4.69, 9.17) is 4.74 Å². The molecule has 10 heteroatoms. The molecule has 2 aliphatic rings. The Morgan fingerprint density at radius 2 is 2.09 bits per heavy atom. The first kappa shape index (κ1) is 22.3. The summed E-state index contributed by atoms with van der Waals surface area (Å²) in [6, 6.07) is 9.31. The van der Waals surface area contributed by atoms with Gasteiger partial charge in [0.2, 0.25) is 0 Å². The zero-order chi connectivity index (χ0) is 22.9. The standard InChI is InChI=1S/C22H28N6O3S/c1-22(2)18-15(19(26-25-18)24-20(29)16-12-32-13-23-16)10-28(22)21(30)31-17(11-27(3)4)14-8-6-5-7-9-14/h5-9,13,16-17H,10-12H2,1-4H3,(H2,24,25,26,29)/t16?,17-/m1/s1. The number of aromatic nitrogens is 2. The molecule has 2 N–H and O–H groups in total. The van der Waals surface area contributed by atoms with Gasteiger partial charge in [0, 0.05) is 17.9 Å². The quantitative estimate of drug-likeness (QED) is 0.693. The Morgan fingerprint density at radius 1 is 1.34 bits per heavy atom. The van der Waals surface area contributed by atoms with Crippen LogP contribution in [-0.2, 0) is 21.6 Å². The molecule has 32 heavy (non-hydrogen) atoms. The van der Waals surface area contributed by atoms with Crippen molar-refractivity contribution in [3.63, 3.8) is 0 Å². The van der Waals surface area contributed by atoms with E-state index >= 15 is 0 Å². The molecule has 9 nitrogen and oxygen atoms in total. The number of H-pyrrole nitrogens is 1. The summed E-state index contributed by atoms with van der Waals surface area (Å²) in [5.74, 6) is 0.859. The van der Waals surface area contributed by atoms with Crippen molar-refractivity contribution < 1.29 is 14.3 Å². The number of fused-ring (bicyclic) bond motifs is 1. The molecule has 0 radical (unpaired) electrons. The first-order valence-corrected chi connectivity index (χ1v) is 11.5. The van der Waals surface area contributed by atoms with Crippen molar-refractivity contribution in [1.29, 1.82) is 0 Å². The fourth-order valence-corrected chi connectivity index (χ4v) is 4.68. The first-order valence-electron chi connectivity index (χ1n) is 10.5. The van der Waals surface area contributed by atoms with Crippen LogP contribution in [0.15, 0.2) is 35.3 Å². The number of amides is 2. The third-order valence-electron chi connectivity index (χ3n) is 5.75. The molecule has 4 rings (SSSR count). The summed E-state index contributed by atoms with van der Waals surface area (Å²) in [5.41, 5.74) is 3.55. The molecule has 0 bridgehead atoms. The van der Waals surface area contributed by atoms with Crippen molar-refractivity contribution in [2.45, 2.75) is 38.1 Å². The van der Waals surface area contributed by atoms with Crippen LogP contribution in [0.4, 0.5) is 10.6 Å². The lowest BCUT2D eigenvalue weighted by molar-refractivity contribution is -0.116. The zero-order valence-corrected chi connectivity index (χ0v) is 19.5. The van der Waals surface area contributed by atoms with Crippen LogP contribution >= 0.6 is 11.8 Å². The first-order chi connectivity index (χ1) is 15.3. The maximum Gasteiger partial charge on any atom is 0.411 e. The number of aromatic amines is 1. The van der Waals surface area contributed by atoms with E-state index in [1.165, 1.54) is 11.8 Å².